The molecule has 0 fully saturated rings. The molecule has 0 spiro atoms. The van der Waals surface area contributed by atoms with Crippen molar-refractivity contribution in [2.24, 2.45) is 0 Å². The molecule has 0 bridgehead atoms. The Morgan fingerprint density at radius 1 is 1.12 bits per heavy atom. The summed E-state index contributed by atoms with van der Waals surface area (Å²) in [7, 11) is 0. The quantitative estimate of drug-likeness (QED) is 0.372. The number of hydrogen-bond donors (Lipinski definition) is 1. The zero-order valence-corrected chi connectivity index (χ0v) is 17.0. The molecule has 3 aromatic rings. The van der Waals surface area contributed by atoms with Crippen LogP contribution in [0.2, 0.25) is 10.0 Å². The summed E-state index contributed by atoms with van der Waals surface area (Å²) in [6.45, 7) is 0. The topological polar surface area (TPSA) is 68.0 Å². The van der Waals surface area contributed by atoms with Crippen LogP contribution >= 0.6 is 57.6 Å². The van der Waals surface area contributed by atoms with E-state index in [2.05, 4.69) is 38.1 Å². The molecule has 0 saturated heterocycles. The van der Waals surface area contributed by atoms with Crippen LogP contribution in [0.25, 0.3) is 11.5 Å². The molecule has 0 radical (unpaired) electrons. The summed E-state index contributed by atoms with van der Waals surface area (Å²) >= 11 is 15.1. The van der Waals surface area contributed by atoms with Crippen LogP contribution in [-0.4, -0.2) is 21.9 Å². The first-order valence-corrected chi connectivity index (χ1v) is 9.80. The lowest BCUT2D eigenvalue weighted by molar-refractivity contribution is -0.113. The lowest BCUT2D eigenvalue weighted by atomic mass is 10.2. The molecule has 0 aliphatic carbocycles. The molecule has 2 aromatic carbocycles. The summed E-state index contributed by atoms with van der Waals surface area (Å²) in [4.78, 5) is 12.0. The number of nitrogens with zero attached hydrogens (tertiary/aromatic N) is 2. The van der Waals surface area contributed by atoms with E-state index in [4.69, 9.17) is 27.6 Å². The Hall–Kier alpha value is -1.29. The van der Waals surface area contributed by atoms with Gasteiger partial charge in [0.2, 0.25) is 11.8 Å². The number of amides is 1. The maximum absolute atomic E-state index is 12.0. The molecule has 0 atom stereocenters. The summed E-state index contributed by atoms with van der Waals surface area (Å²) in [6, 6.07) is 12.6. The Balaban J connectivity index is 1.57. The van der Waals surface area contributed by atoms with Crippen molar-refractivity contribution in [2.45, 2.75) is 5.22 Å². The Kier molecular flexibility index (Phi) is 6.21. The van der Waals surface area contributed by atoms with Crippen LogP contribution in [-0.2, 0) is 4.79 Å². The normalized spacial score (nSPS) is 10.7. The van der Waals surface area contributed by atoms with Gasteiger partial charge < -0.3 is 9.73 Å². The van der Waals surface area contributed by atoms with Crippen molar-refractivity contribution in [3.05, 3.63) is 56.1 Å². The first-order chi connectivity index (χ1) is 12.0. The van der Waals surface area contributed by atoms with Crippen molar-refractivity contribution in [1.29, 1.82) is 0 Å². The number of halogens is 3. The molecule has 3 rings (SSSR count). The molecule has 0 aliphatic heterocycles. The minimum atomic E-state index is -0.211. The van der Waals surface area contributed by atoms with Gasteiger partial charge in [0.15, 0.2) is 0 Å². The van der Waals surface area contributed by atoms with E-state index in [9.17, 15) is 4.79 Å². The lowest BCUT2D eigenvalue weighted by Gasteiger charge is -2.05. The van der Waals surface area contributed by atoms with E-state index >= 15 is 0 Å². The molecular formula is C16H10Cl2IN3O2S. The molecular weight excluding hydrogens is 496 g/mol. The highest BCUT2D eigenvalue weighted by atomic mass is 127. The summed E-state index contributed by atoms with van der Waals surface area (Å²) in [5.41, 5.74) is 1.41. The van der Waals surface area contributed by atoms with Crippen LogP contribution in [0, 0.1) is 3.57 Å². The van der Waals surface area contributed by atoms with Gasteiger partial charge in [-0.25, -0.2) is 0 Å². The minimum absolute atomic E-state index is 0.133. The van der Waals surface area contributed by atoms with Crippen LogP contribution in [0.1, 0.15) is 0 Å². The van der Waals surface area contributed by atoms with Crippen LogP contribution in [0.5, 0.6) is 0 Å². The molecule has 1 amide bonds. The van der Waals surface area contributed by atoms with Gasteiger partial charge in [-0.15, -0.1) is 10.2 Å². The van der Waals surface area contributed by atoms with Gasteiger partial charge in [-0.05, 0) is 65.1 Å². The van der Waals surface area contributed by atoms with Gasteiger partial charge in [0, 0.05) is 14.8 Å². The zero-order chi connectivity index (χ0) is 17.8. The third-order valence-electron chi connectivity index (χ3n) is 3.03. The highest BCUT2D eigenvalue weighted by Crippen LogP contribution is 2.26. The number of benzene rings is 2. The number of carbonyl (C=O) groups is 1. The number of aromatic nitrogens is 2. The summed E-state index contributed by atoms with van der Waals surface area (Å²) in [5, 5.41) is 11.8. The van der Waals surface area contributed by atoms with E-state index < -0.39 is 0 Å². The van der Waals surface area contributed by atoms with E-state index in [1.54, 1.807) is 18.2 Å². The third kappa shape index (κ3) is 5.10. The Morgan fingerprint density at radius 3 is 2.60 bits per heavy atom. The van der Waals surface area contributed by atoms with Gasteiger partial charge in [-0.3, -0.25) is 4.79 Å². The number of hydrogen-bond acceptors (Lipinski definition) is 5. The molecule has 0 unspecified atom stereocenters. The van der Waals surface area contributed by atoms with Crippen LogP contribution in [0.15, 0.2) is 52.1 Å². The molecule has 1 N–H and O–H groups in total. The second kappa shape index (κ2) is 8.39. The summed E-state index contributed by atoms with van der Waals surface area (Å²) < 4.78 is 6.68. The standard InChI is InChI=1S/C16H10Cl2IN3O2S/c17-12-6-5-11(7-13(12)18)20-14(23)8-25-16-22-21-15(24-16)9-1-3-10(19)4-2-9/h1-7H,8H2,(H,20,23). The van der Waals surface area contributed by atoms with E-state index in [1.165, 1.54) is 0 Å². The molecule has 25 heavy (non-hydrogen) atoms. The van der Waals surface area contributed by atoms with Crippen molar-refractivity contribution in [3.8, 4) is 11.5 Å². The number of nitrogens with one attached hydrogen (secondary N) is 1. The second-order valence-electron chi connectivity index (χ2n) is 4.85. The van der Waals surface area contributed by atoms with Crippen molar-refractivity contribution in [1.82, 2.24) is 10.2 Å². The summed E-state index contributed by atoms with van der Waals surface area (Å²) in [6.07, 6.45) is 0. The average Bonchev–Trinajstić information content (AvgIpc) is 3.06. The maximum Gasteiger partial charge on any atom is 0.277 e. The molecule has 1 aromatic heterocycles. The number of carbonyl (C=O) groups excluding carboxylic acids is 1. The predicted octanol–water partition coefficient (Wildman–Crippen LogP) is 5.38. The van der Waals surface area contributed by atoms with Gasteiger partial charge >= 0.3 is 0 Å². The number of thioether (sulfide) groups is 1. The first-order valence-electron chi connectivity index (χ1n) is 6.98. The van der Waals surface area contributed by atoms with Crippen molar-refractivity contribution in [2.75, 3.05) is 11.1 Å². The van der Waals surface area contributed by atoms with Crippen LogP contribution < -0.4 is 5.32 Å². The molecule has 9 heteroatoms. The monoisotopic (exact) mass is 505 g/mol. The largest absolute Gasteiger partial charge is 0.411 e. The highest BCUT2D eigenvalue weighted by molar-refractivity contribution is 14.1. The molecule has 128 valence electrons. The maximum atomic E-state index is 12.0. The van der Waals surface area contributed by atoms with Gasteiger partial charge in [-0.1, -0.05) is 35.0 Å². The van der Waals surface area contributed by atoms with E-state index in [0.29, 0.717) is 26.8 Å². The SMILES string of the molecule is O=C(CSc1nnc(-c2ccc(I)cc2)o1)Nc1ccc(Cl)c(Cl)c1. The van der Waals surface area contributed by atoms with Crippen LogP contribution in [0.4, 0.5) is 5.69 Å². The smallest absolute Gasteiger partial charge is 0.277 e. The highest BCUT2D eigenvalue weighted by Gasteiger charge is 2.12. The lowest BCUT2D eigenvalue weighted by Crippen LogP contribution is -2.13. The molecule has 5 nitrogen and oxygen atoms in total. The fourth-order valence-electron chi connectivity index (χ4n) is 1.88. The molecule has 0 aliphatic rings. The van der Waals surface area contributed by atoms with Crippen molar-refractivity contribution in [3.63, 3.8) is 0 Å². The van der Waals surface area contributed by atoms with Gasteiger partial charge in [-0.2, -0.15) is 0 Å². The summed E-state index contributed by atoms with van der Waals surface area (Å²) in [5.74, 6) is 0.343. The molecule has 0 saturated carbocycles. The molecule has 1 heterocycles. The Labute approximate surface area is 171 Å². The number of rotatable bonds is 5. The minimum Gasteiger partial charge on any atom is -0.411 e. The fourth-order valence-corrected chi connectivity index (χ4v) is 3.10. The number of anilines is 1. The van der Waals surface area contributed by atoms with Gasteiger partial charge in [0.25, 0.3) is 5.22 Å². The Bertz CT molecular complexity index is 903. The predicted molar refractivity (Wildman–Crippen MR) is 108 cm³/mol. The zero-order valence-electron chi connectivity index (χ0n) is 12.5. The van der Waals surface area contributed by atoms with E-state index in [0.717, 1.165) is 20.9 Å². The van der Waals surface area contributed by atoms with E-state index in [1.807, 2.05) is 24.3 Å². The van der Waals surface area contributed by atoms with Crippen LogP contribution in [0.3, 0.4) is 0 Å². The average molecular weight is 506 g/mol. The van der Waals surface area contributed by atoms with Gasteiger partial charge in [0.1, 0.15) is 0 Å². The Morgan fingerprint density at radius 2 is 1.88 bits per heavy atom. The first kappa shape index (κ1) is 18.5. The van der Waals surface area contributed by atoms with E-state index in [-0.39, 0.29) is 11.7 Å². The van der Waals surface area contributed by atoms with Gasteiger partial charge in [0.05, 0.1) is 15.8 Å². The fraction of sp³-hybridized carbons (Fsp3) is 0.0625. The third-order valence-corrected chi connectivity index (χ3v) is 5.30. The second-order valence-corrected chi connectivity index (χ2v) is 7.83. The van der Waals surface area contributed by atoms with Crippen molar-refractivity contribution < 1.29 is 9.21 Å². The van der Waals surface area contributed by atoms with Crippen molar-refractivity contribution >= 4 is 69.1 Å².